The van der Waals surface area contributed by atoms with E-state index in [9.17, 15) is 18.0 Å². The second kappa shape index (κ2) is 9.23. The average molecular weight is 472 g/mol. The number of halogens is 3. The maximum Gasteiger partial charge on any atom is 0.416 e. The highest BCUT2D eigenvalue weighted by atomic mass is 32.2. The Hall–Kier alpha value is -3.39. The highest BCUT2D eigenvalue weighted by Crippen LogP contribution is 2.45. The Morgan fingerprint density at radius 1 is 1.09 bits per heavy atom. The molecule has 0 amide bonds. The van der Waals surface area contributed by atoms with Crippen LogP contribution in [0.1, 0.15) is 27.5 Å². The molecule has 0 fully saturated rings. The molecule has 0 spiro atoms. The van der Waals surface area contributed by atoms with Gasteiger partial charge in [-0.05, 0) is 60.0 Å². The first-order valence-electron chi connectivity index (χ1n) is 10.1. The van der Waals surface area contributed by atoms with E-state index in [2.05, 4.69) is 4.98 Å². The van der Waals surface area contributed by atoms with Crippen LogP contribution in [0.4, 0.5) is 13.2 Å². The van der Waals surface area contributed by atoms with Crippen molar-refractivity contribution in [1.82, 2.24) is 4.98 Å². The number of thioether (sulfide) groups is 1. The summed E-state index contributed by atoms with van der Waals surface area (Å²) in [6.07, 6.45) is -2.63. The summed E-state index contributed by atoms with van der Waals surface area (Å²) in [7, 11) is 0. The van der Waals surface area contributed by atoms with Gasteiger partial charge in [-0.2, -0.15) is 13.2 Å². The van der Waals surface area contributed by atoms with E-state index in [0.717, 1.165) is 33.0 Å². The molecular formula is C25H20F3NO3S. The van der Waals surface area contributed by atoms with E-state index in [1.165, 1.54) is 23.9 Å². The molecule has 1 atom stereocenters. The number of ether oxygens (including phenoxy) is 1. The van der Waals surface area contributed by atoms with Crippen molar-refractivity contribution in [3.05, 3.63) is 95.2 Å². The number of carboxylic acids is 1. The van der Waals surface area contributed by atoms with E-state index >= 15 is 0 Å². The van der Waals surface area contributed by atoms with Gasteiger partial charge in [-0.15, -0.1) is 11.8 Å². The number of aromatic amines is 1. The van der Waals surface area contributed by atoms with Crippen LogP contribution in [0.3, 0.4) is 0 Å². The minimum Gasteiger partial charge on any atom is -0.482 e. The number of aliphatic carboxylic acids is 1. The highest BCUT2D eigenvalue weighted by molar-refractivity contribution is 7.99. The van der Waals surface area contributed by atoms with Crippen LogP contribution in [0.15, 0.2) is 77.8 Å². The Kier molecular flexibility index (Phi) is 6.37. The van der Waals surface area contributed by atoms with Gasteiger partial charge in [-0.25, -0.2) is 4.79 Å². The van der Waals surface area contributed by atoms with E-state index in [0.29, 0.717) is 11.3 Å². The molecule has 0 aliphatic carbocycles. The molecule has 0 radical (unpaired) electrons. The Labute approximate surface area is 192 Å². The maximum absolute atomic E-state index is 13.4. The van der Waals surface area contributed by atoms with Crippen molar-refractivity contribution in [2.45, 2.75) is 23.2 Å². The molecule has 8 heteroatoms. The molecule has 1 aromatic heterocycles. The number of alkyl halides is 3. The van der Waals surface area contributed by atoms with Gasteiger partial charge in [-0.3, -0.25) is 0 Å². The van der Waals surface area contributed by atoms with Crippen molar-refractivity contribution >= 4 is 28.6 Å². The van der Waals surface area contributed by atoms with Crippen LogP contribution in [0, 0.1) is 6.92 Å². The lowest BCUT2D eigenvalue weighted by Crippen LogP contribution is -2.10. The summed E-state index contributed by atoms with van der Waals surface area (Å²) in [6, 6.07) is 18.3. The fourth-order valence-electron chi connectivity index (χ4n) is 3.66. The van der Waals surface area contributed by atoms with Crippen LogP contribution in [-0.4, -0.2) is 22.7 Å². The molecule has 4 rings (SSSR count). The molecule has 0 saturated heterocycles. The van der Waals surface area contributed by atoms with Crippen LogP contribution >= 0.6 is 11.8 Å². The second-order valence-corrected chi connectivity index (χ2v) is 8.70. The maximum atomic E-state index is 13.4. The molecule has 1 unspecified atom stereocenters. The first kappa shape index (κ1) is 22.8. The van der Waals surface area contributed by atoms with Crippen molar-refractivity contribution in [2.75, 3.05) is 6.61 Å². The topological polar surface area (TPSA) is 62.3 Å². The Balaban J connectivity index is 1.75. The lowest BCUT2D eigenvalue weighted by atomic mass is 9.99. The van der Waals surface area contributed by atoms with Gasteiger partial charge in [0.2, 0.25) is 0 Å². The zero-order chi connectivity index (χ0) is 23.6. The number of fused-ring (bicyclic) bond motifs is 1. The molecule has 2 N–H and O–H groups in total. The Morgan fingerprint density at radius 2 is 1.88 bits per heavy atom. The Morgan fingerprint density at radius 3 is 2.61 bits per heavy atom. The first-order valence-corrected chi connectivity index (χ1v) is 11.0. The Bertz CT molecular complexity index is 1300. The van der Waals surface area contributed by atoms with Crippen molar-refractivity contribution in [3.63, 3.8) is 0 Å². The van der Waals surface area contributed by atoms with E-state index in [4.69, 9.17) is 9.84 Å². The molecule has 170 valence electrons. The fraction of sp³-hybridized carbons (Fsp3) is 0.160. The quantitative estimate of drug-likeness (QED) is 0.290. The number of benzene rings is 3. The lowest BCUT2D eigenvalue weighted by Gasteiger charge is -2.21. The molecule has 4 nitrogen and oxygen atoms in total. The summed E-state index contributed by atoms with van der Waals surface area (Å²) < 4.78 is 45.6. The smallest absolute Gasteiger partial charge is 0.416 e. The van der Waals surface area contributed by atoms with E-state index in [-0.39, 0.29) is 0 Å². The summed E-state index contributed by atoms with van der Waals surface area (Å²) >= 11 is 1.43. The van der Waals surface area contributed by atoms with Gasteiger partial charge in [0, 0.05) is 22.0 Å². The summed E-state index contributed by atoms with van der Waals surface area (Å²) in [5.74, 6) is -0.623. The van der Waals surface area contributed by atoms with E-state index < -0.39 is 29.6 Å². The van der Waals surface area contributed by atoms with Gasteiger partial charge in [0.05, 0.1) is 10.8 Å². The summed E-state index contributed by atoms with van der Waals surface area (Å²) in [5.41, 5.74) is 2.37. The van der Waals surface area contributed by atoms with Gasteiger partial charge >= 0.3 is 12.1 Å². The van der Waals surface area contributed by atoms with Crippen LogP contribution in [0.5, 0.6) is 5.75 Å². The first-order chi connectivity index (χ1) is 15.7. The summed E-state index contributed by atoms with van der Waals surface area (Å²) in [5, 5.41) is 9.36. The normalized spacial score (nSPS) is 12.6. The van der Waals surface area contributed by atoms with Crippen molar-refractivity contribution in [2.24, 2.45) is 0 Å². The molecule has 4 aromatic rings. The van der Waals surface area contributed by atoms with Gasteiger partial charge in [0.15, 0.2) is 6.61 Å². The van der Waals surface area contributed by atoms with Gasteiger partial charge < -0.3 is 14.8 Å². The molecule has 0 aliphatic rings. The molecule has 0 saturated carbocycles. The van der Waals surface area contributed by atoms with Crippen molar-refractivity contribution < 1.29 is 27.8 Å². The predicted molar refractivity (Wildman–Crippen MR) is 122 cm³/mol. The van der Waals surface area contributed by atoms with Gasteiger partial charge in [-0.1, -0.05) is 30.3 Å². The number of hydrogen-bond acceptors (Lipinski definition) is 3. The molecule has 33 heavy (non-hydrogen) atoms. The number of hydrogen-bond donors (Lipinski definition) is 2. The number of nitrogens with one attached hydrogen (secondary N) is 1. The number of aromatic nitrogens is 1. The molecule has 1 heterocycles. The summed E-state index contributed by atoms with van der Waals surface area (Å²) in [6.45, 7) is 1.35. The van der Waals surface area contributed by atoms with E-state index in [1.807, 2.05) is 30.3 Å². The monoisotopic (exact) mass is 471 g/mol. The molecule has 3 aromatic carbocycles. The minimum atomic E-state index is -4.44. The zero-order valence-corrected chi connectivity index (χ0v) is 18.3. The number of H-pyrrole nitrogens is 1. The van der Waals surface area contributed by atoms with E-state index in [1.54, 1.807) is 31.3 Å². The van der Waals surface area contributed by atoms with Crippen LogP contribution < -0.4 is 4.74 Å². The van der Waals surface area contributed by atoms with Crippen LogP contribution in [-0.2, 0) is 11.0 Å². The molecule has 0 bridgehead atoms. The number of carboxylic acid groups (broad SMARTS) is 1. The third kappa shape index (κ3) is 5.17. The minimum absolute atomic E-state index is 0.406. The van der Waals surface area contributed by atoms with Crippen molar-refractivity contribution in [1.29, 1.82) is 0 Å². The number of rotatable bonds is 7. The van der Waals surface area contributed by atoms with Crippen LogP contribution in [0.2, 0.25) is 0 Å². The van der Waals surface area contributed by atoms with Crippen LogP contribution in [0.25, 0.3) is 10.9 Å². The number of carbonyl (C=O) groups is 1. The summed E-state index contributed by atoms with van der Waals surface area (Å²) in [4.78, 5) is 14.8. The molecule has 0 aliphatic heterocycles. The standard InChI is InChI=1S/C25H20F3NO3S/c1-15-12-18(8-9-22(15)32-14-23(30)31)33-24(16-4-2-5-17(13-16)25(26,27)28)20-6-3-7-21-19(20)10-11-29-21/h2-13,24,29H,14H2,1H3,(H,30,31). The lowest BCUT2D eigenvalue weighted by molar-refractivity contribution is -0.139. The molecular weight excluding hydrogens is 451 g/mol. The van der Waals surface area contributed by atoms with Crippen molar-refractivity contribution in [3.8, 4) is 5.75 Å². The van der Waals surface area contributed by atoms with Gasteiger partial charge in [0.1, 0.15) is 5.75 Å². The third-order valence-electron chi connectivity index (χ3n) is 5.18. The third-order valence-corrected chi connectivity index (χ3v) is 6.47. The second-order valence-electron chi connectivity index (χ2n) is 7.52. The largest absolute Gasteiger partial charge is 0.482 e. The predicted octanol–water partition coefficient (Wildman–Crippen LogP) is 6.84. The SMILES string of the molecule is Cc1cc(SC(c2cccc(C(F)(F)F)c2)c2cccc3[nH]ccc23)ccc1OCC(=O)O. The van der Waals surface area contributed by atoms with Gasteiger partial charge in [0.25, 0.3) is 0 Å². The fourth-order valence-corrected chi connectivity index (χ4v) is 4.94. The average Bonchev–Trinajstić information content (AvgIpc) is 3.25. The zero-order valence-electron chi connectivity index (χ0n) is 17.5. The number of aryl methyl sites for hydroxylation is 1. The highest BCUT2D eigenvalue weighted by Gasteiger charge is 2.31.